The summed E-state index contributed by atoms with van der Waals surface area (Å²) < 4.78 is 40.7. The van der Waals surface area contributed by atoms with Crippen LogP contribution in [0.4, 0.5) is 18.0 Å². The van der Waals surface area contributed by atoms with Gasteiger partial charge in [0.05, 0.1) is 11.0 Å². The summed E-state index contributed by atoms with van der Waals surface area (Å²) in [6, 6.07) is 3.84. The Labute approximate surface area is 135 Å². The van der Waals surface area contributed by atoms with Crippen molar-refractivity contribution in [1.29, 1.82) is 0 Å². The lowest BCUT2D eigenvalue weighted by molar-refractivity contribution is -0.185. The highest BCUT2D eigenvalue weighted by atomic mass is 32.1. The fourth-order valence-electron chi connectivity index (χ4n) is 2.35. The lowest BCUT2D eigenvalue weighted by atomic mass is 10.0. The van der Waals surface area contributed by atoms with E-state index in [4.69, 9.17) is 0 Å². The number of nitrogens with zero attached hydrogens (tertiary/aromatic N) is 2. The molecule has 8 heteroatoms. The van der Waals surface area contributed by atoms with Gasteiger partial charge < -0.3 is 5.11 Å². The van der Waals surface area contributed by atoms with E-state index in [1.165, 1.54) is 48.7 Å². The van der Waals surface area contributed by atoms with E-state index in [1.807, 2.05) is 0 Å². The van der Waals surface area contributed by atoms with Gasteiger partial charge in [-0.05, 0) is 19.4 Å². The minimum absolute atomic E-state index is 0.115. The van der Waals surface area contributed by atoms with Crippen molar-refractivity contribution >= 4 is 17.4 Å². The summed E-state index contributed by atoms with van der Waals surface area (Å²) in [7, 11) is 0. The summed E-state index contributed by atoms with van der Waals surface area (Å²) in [5.41, 5.74) is -0.115. The van der Waals surface area contributed by atoms with Crippen molar-refractivity contribution in [2.75, 3.05) is 0 Å². The van der Waals surface area contributed by atoms with E-state index in [0.29, 0.717) is 14.8 Å². The molecule has 0 radical (unpaired) electrons. The number of rotatable bonds is 4. The number of hydrogen-bond acceptors (Lipinski definition) is 3. The second-order valence-corrected chi connectivity index (χ2v) is 6.27. The van der Waals surface area contributed by atoms with Crippen LogP contribution in [0.3, 0.4) is 0 Å². The predicted octanol–water partition coefficient (Wildman–Crippen LogP) is 4.80. The molecular weight excluding hydrogens is 329 g/mol. The molecule has 0 aliphatic heterocycles. The molecule has 2 rings (SSSR count). The molecule has 23 heavy (non-hydrogen) atoms. The van der Waals surface area contributed by atoms with Crippen molar-refractivity contribution in [1.82, 2.24) is 9.88 Å². The van der Waals surface area contributed by atoms with Crippen molar-refractivity contribution in [3.63, 3.8) is 0 Å². The molecule has 1 aromatic heterocycles. The Hall–Kier alpha value is -2.09. The van der Waals surface area contributed by atoms with Crippen molar-refractivity contribution in [2.45, 2.75) is 32.1 Å². The zero-order valence-electron chi connectivity index (χ0n) is 12.4. The molecule has 0 aliphatic rings. The maximum Gasteiger partial charge on any atom is 0.413 e. The van der Waals surface area contributed by atoms with Crippen LogP contribution in [0, 0.1) is 6.92 Å². The molecule has 0 fully saturated rings. The summed E-state index contributed by atoms with van der Waals surface area (Å²) >= 11 is 1.18. The van der Waals surface area contributed by atoms with Gasteiger partial charge in [-0.15, -0.1) is 11.3 Å². The molecule has 0 unspecified atom stereocenters. The lowest BCUT2D eigenvalue weighted by Gasteiger charge is -2.35. The third-order valence-corrected chi connectivity index (χ3v) is 4.48. The molecule has 1 amide bonds. The third kappa shape index (κ3) is 3.82. The zero-order chi connectivity index (χ0) is 17.2. The van der Waals surface area contributed by atoms with E-state index in [9.17, 15) is 23.1 Å². The Morgan fingerprint density at radius 1 is 1.30 bits per heavy atom. The Kier molecular flexibility index (Phi) is 4.93. The molecule has 0 spiro atoms. The highest BCUT2D eigenvalue weighted by Crippen LogP contribution is 2.42. The van der Waals surface area contributed by atoms with Gasteiger partial charge in [-0.25, -0.2) is 9.78 Å². The molecule has 1 N–H and O–H groups in total. The number of aryl methyl sites for hydroxylation is 1. The Morgan fingerprint density at radius 3 is 2.35 bits per heavy atom. The van der Waals surface area contributed by atoms with E-state index in [1.54, 1.807) is 13.0 Å². The van der Waals surface area contributed by atoms with Crippen LogP contribution in [-0.4, -0.2) is 27.3 Å². The standard InChI is InChI=1S/C15H15F3N2O2S/c1-9(12-8-19-10(2)23-12)20(14(21)22)13(15(16,17)18)11-6-4-3-5-7-11/h3-9,13H,1-2H3,(H,21,22)/t9-,13+/m0/s1. The second-order valence-electron chi connectivity index (χ2n) is 5.00. The number of amides is 1. The number of hydrogen-bond donors (Lipinski definition) is 1. The molecule has 124 valence electrons. The molecule has 2 aromatic rings. The summed E-state index contributed by atoms with van der Waals surface area (Å²) in [6.45, 7) is 3.15. The maximum absolute atomic E-state index is 13.6. The van der Waals surface area contributed by atoms with Crippen molar-refractivity contribution in [3.05, 3.63) is 52.0 Å². The fourth-order valence-corrected chi connectivity index (χ4v) is 3.19. The van der Waals surface area contributed by atoms with Gasteiger partial charge in [-0.3, -0.25) is 4.90 Å². The average Bonchev–Trinajstić information content (AvgIpc) is 2.90. The second kappa shape index (κ2) is 6.57. The number of benzene rings is 1. The third-order valence-electron chi connectivity index (χ3n) is 3.39. The molecule has 0 aliphatic carbocycles. The predicted molar refractivity (Wildman–Crippen MR) is 80.4 cm³/mol. The topological polar surface area (TPSA) is 53.4 Å². The van der Waals surface area contributed by atoms with Crippen LogP contribution in [0.25, 0.3) is 0 Å². The normalized spacial score (nSPS) is 14.3. The first-order valence-corrected chi connectivity index (χ1v) is 7.58. The van der Waals surface area contributed by atoms with Gasteiger partial charge >= 0.3 is 12.3 Å². The van der Waals surface area contributed by atoms with Crippen molar-refractivity contribution < 1.29 is 23.1 Å². The number of carbonyl (C=O) groups is 1. The monoisotopic (exact) mass is 344 g/mol. The van der Waals surface area contributed by atoms with Crippen LogP contribution in [0.15, 0.2) is 36.5 Å². The van der Waals surface area contributed by atoms with E-state index in [2.05, 4.69) is 4.98 Å². The first kappa shape index (κ1) is 17.3. The van der Waals surface area contributed by atoms with Crippen LogP contribution in [0.5, 0.6) is 0 Å². The van der Waals surface area contributed by atoms with Crippen LogP contribution >= 0.6 is 11.3 Å². The van der Waals surface area contributed by atoms with Gasteiger partial charge in [0.25, 0.3) is 0 Å². The summed E-state index contributed by atoms with van der Waals surface area (Å²) in [5, 5.41) is 10.1. The maximum atomic E-state index is 13.6. The van der Waals surface area contributed by atoms with E-state index in [-0.39, 0.29) is 5.56 Å². The number of alkyl halides is 3. The Balaban J connectivity index is 2.49. The molecule has 0 bridgehead atoms. The molecule has 1 aromatic carbocycles. The largest absolute Gasteiger partial charge is 0.465 e. The zero-order valence-corrected chi connectivity index (χ0v) is 13.2. The number of aromatic nitrogens is 1. The van der Waals surface area contributed by atoms with Crippen molar-refractivity contribution in [2.24, 2.45) is 0 Å². The van der Waals surface area contributed by atoms with E-state index >= 15 is 0 Å². The number of carboxylic acid groups (broad SMARTS) is 1. The van der Waals surface area contributed by atoms with Gasteiger partial charge in [-0.2, -0.15) is 13.2 Å². The van der Waals surface area contributed by atoms with Crippen LogP contribution in [0.1, 0.15) is 34.5 Å². The quantitative estimate of drug-likeness (QED) is 0.867. The fraction of sp³-hybridized carbons (Fsp3) is 0.333. The van der Waals surface area contributed by atoms with Gasteiger partial charge in [-0.1, -0.05) is 30.3 Å². The lowest BCUT2D eigenvalue weighted by Crippen LogP contribution is -2.43. The highest BCUT2D eigenvalue weighted by molar-refractivity contribution is 7.11. The minimum atomic E-state index is -4.73. The number of thiazole rings is 1. The first-order valence-electron chi connectivity index (χ1n) is 6.77. The molecule has 2 atom stereocenters. The van der Waals surface area contributed by atoms with Crippen LogP contribution in [0.2, 0.25) is 0 Å². The van der Waals surface area contributed by atoms with Gasteiger partial charge in [0.15, 0.2) is 6.04 Å². The smallest absolute Gasteiger partial charge is 0.413 e. The summed E-state index contributed by atoms with van der Waals surface area (Å²) in [4.78, 5) is 16.5. The van der Waals surface area contributed by atoms with Crippen LogP contribution < -0.4 is 0 Å². The van der Waals surface area contributed by atoms with E-state index in [0.717, 1.165) is 0 Å². The number of halogens is 3. The molecule has 4 nitrogen and oxygen atoms in total. The summed E-state index contributed by atoms with van der Waals surface area (Å²) in [6.07, 6.45) is -4.94. The van der Waals surface area contributed by atoms with Gasteiger partial charge in [0.1, 0.15) is 0 Å². The van der Waals surface area contributed by atoms with Gasteiger partial charge in [0, 0.05) is 11.1 Å². The molecular formula is C15H15F3N2O2S. The SMILES string of the molecule is Cc1ncc([C@H](C)N(C(=O)O)[C@H](c2ccccc2)C(F)(F)F)s1. The Bertz CT molecular complexity index is 673. The van der Waals surface area contributed by atoms with Crippen molar-refractivity contribution in [3.8, 4) is 0 Å². The first-order chi connectivity index (χ1) is 10.7. The highest BCUT2D eigenvalue weighted by Gasteiger charge is 2.48. The molecule has 0 saturated carbocycles. The van der Waals surface area contributed by atoms with Gasteiger partial charge in [0.2, 0.25) is 0 Å². The summed E-state index contributed by atoms with van der Waals surface area (Å²) in [5.74, 6) is 0. The van der Waals surface area contributed by atoms with Crippen LogP contribution in [-0.2, 0) is 0 Å². The molecule has 0 saturated heterocycles. The molecule has 1 heterocycles. The average molecular weight is 344 g/mol. The Morgan fingerprint density at radius 2 is 1.91 bits per heavy atom. The van der Waals surface area contributed by atoms with E-state index < -0.39 is 24.4 Å². The minimum Gasteiger partial charge on any atom is -0.465 e.